The first-order valence-corrected chi connectivity index (χ1v) is 10.3. The van der Waals surface area contributed by atoms with Gasteiger partial charge in [-0.3, -0.25) is 0 Å². The molecule has 1 unspecified atom stereocenters. The summed E-state index contributed by atoms with van der Waals surface area (Å²) in [5.74, 6) is 0.734. The summed E-state index contributed by atoms with van der Waals surface area (Å²) in [6, 6.07) is 25.9. The molecule has 0 aliphatic rings. The number of hydrogen-bond donors (Lipinski definition) is 1. The summed E-state index contributed by atoms with van der Waals surface area (Å²) in [5, 5.41) is 5.81. The lowest BCUT2D eigenvalue weighted by atomic mass is 9.95. The van der Waals surface area contributed by atoms with Crippen LogP contribution in [0.3, 0.4) is 0 Å². The second-order valence-electron chi connectivity index (χ2n) is 7.59. The molecule has 31 heavy (non-hydrogen) atoms. The van der Waals surface area contributed by atoms with Crippen LogP contribution in [0, 0.1) is 5.82 Å². The average Bonchev–Trinajstić information content (AvgIpc) is 2.82. The smallest absolute Gasteiger partial charge is 0.165 e. The molecule has 0 bridgehead atoms. The van der Waals surface area contributed by atoms with Gasteiger partial charge in [-0.1, -0.05) is 42.5 Å². The Bertz CT molecular complexity index is 1200. The van der Waals surface area contributed by atoms with E-state index in [1.807, 2.05) is 36.4 Å². The average molecular weight is 416 g/mol. The lowest BCUT2D eigenvalue weighted by Gasteiger charge is -2.17. The number of nitrogens with one attached hydrogen (secondary N) is 1. The Kier molecular flexibility index (Phi) is 6.19. The number of ether oxygens (including phenoxy) is 2. The zero-order chi connectivity index (χ0) is 21.8. The highest BCUT2D eigenvalue weighted by Gasteiger charge is 2.11. The number of benzene rings is 4. The van der Waals surface area contributed by atoms with Crippen LogP contribution in [0.2, 0.25) is 0 Å². The normalized spacial score (nSPS) is 12.0. The summed E-state index contributed by atoms with van der Waals surface area (Å²) in [7, 11) is 3.15. The first-order valence-electron chi connectivity index (χ1n) is 10.3. The highest BCUT2D eigenvalue weighted by Crippen LogP contribution is 2.33. The molecule has 4 aromatic carbocycles. The van der Waals surface area contributed by atoms with Crippen LogP contribution in [-0.4, -0.2) is 14.2 Å². The second-order valence-corrected chi connectivity index (χ2v) is 7.59. The fourth-order valence-electron chi connectivity index (χ4n) is 3.85. The van der Waals surface area contributed by atoms with Crippen molar-refractivity contribution in [3.05, 3.63) is 95.8 Å². The van der Waals surface area contributed by atoms with Gasteiger partial charge in [-0.15, -0.1) is 0 Å². The topological polar surface area (TPSA) is 30.5 Å². The third kappa shape index (κ3) is 4.54. The standard InChI is InChI=1S/C27H26FNO2/c1-18(20-8-6-9-23(15-20)30-2)29-17-19-13-21-7-4-5-10-24(21)25(14-19)22-11-12-27(31-3)26(28)16-22/h4-16,18,29H,17H2,1-3H3. The van der Waals surface area contributed by atoms with Gasteiger partial charge >= 0.3 is 0 Å². The highest BCUT2D eigenvalue weighted by molar-refractivity contribution is 5.97. The molecular weight excluding hydrogens is 389 g/mol. The molecule has 158 valence electrons. The van der Waals surface area contributed by atoms with Crippen molar-refractivity contribution in [2.24, 2.45) is 0 Å². The molecule has 1 N–H and O–H groups in total. The molecule has 0 amide bonds. The minimum absolute atomic E-state index is 0.156. The maximum Gasteiger partial charge on any atom is 0.165 e. The van der Waals surface area contributed by atoms with E-state index >= 15 is 0 Å². The minimum Gasteiger partial charge on any atom is -0.497 e. The molecule has 3 nitrogen and oxygen atoms in total. The van der Waals surface area contributed by atoms with E-state index in [4.69, 9.17) is 9.47 Å². The zero-order valence-electron chi connectivity index (χ0n) is 18.0. The summed E-state index contributed by atoms with van der Waals surface area (Å²) in [4.78, 5) is 0. The SMILES string of the molecule is COc1cccc(C(C)NCc2cc(-c3ccc(OC)c(F)c3)c3ccccc3c2)c1. The van der Waals surface area contributed by atoms with Crippen molar-refractivity contribution in [1.29, 1.82) is 0 Å². The number of halogens is 1. The number of hydrogen-bond acceptors (Lipinski definition) is 3. The minimum atomic E-state index is -0.362. The maximum absolute atomic E-state index is 14.4. The van der Waals surface area contributed by atoms with Crippen LogP contribution in [0.4, 0.5) is 4.39 Å². The van der Waals surface area contributed by atoms with Gasteiger partial charge in [0.15, 0.2) is 11.6 Å². The van der Waals surface area contributed by atoms with E-state index < -0.39 is 0 Å². The monoisotopic (exact) mass is 415 g/mol. The summed E-state index contributed by atoms with van der Waals surface area (Å²) >= 11 is 0. The molecule has 0 radical (unpaired) electrons. The van der Waals surface area contributed by atoms with Crippen LogP contribution in [0.1, 0.15) is 24.1 Å². The summed E-state index contributed by atoms with van der Waals surface area (Å²) in [6.07, 6.45) is 0. The first-order chi connectivity index (χ1) is 15.1. The van der Waals surface area contributed by atoms with Gasteiger partial charge in [-0.25, -0.2) is 4.39 Å². The van der Waals surface area contributed by atoms with Crippen molar-refractivity contribution in [3.63, 3.8) is 0 Å². The van der Waals surface area contributed by atoms with E-state index in [1.54, 1.807) is 13.2 Å². The first kappa shape index (κ1) is 20.9. The Labute approximate surface area is 182 Å². The van der Waals surface area contributed by atoms with Crippen molar-refractivity contribution in [2.75, 3.05) is 14.2 Å². The highest BCUT2D eigenvalue weighted by atomic mass is 19.1. The lowest BCUT2D eigenvalue weighted by molar-refractivity contribution is 0.386. The van der Waals surface area contributed by atoms with Crippen molar-refractivity contribution >= 4 is 10.8 Å². The van der Waals surface area contributed by atoms with Crippen LogP contribution in [0.15, 0.2) is 78.9 Å². The van der Waals surface area contributed by atoms with Gasteiger partial charge in [0.1, 0.15) is 5.75 Å². The summed E-state index contributed by atoms with van der Waals surface area (Å²) in [5.41, 5.74) is 4.14. The Hall–Kier alpha value is -3.37. The van der Waals surface area contributed by atoms with Crippen LogP contribution >= 0.6 is 0 Å². The zero-order valence-corrected chi connectivity index (χ0v) is 18.0. The van der Waals surface area contributed by atoms with E-state index in [9.17, 15) is 4.39 Å². The third-order valence-corrected chi connectivity index (χ3v) is 5.59. The Balaban J connectivity index is 1.65. The van der Waals surface area contributed by atoms with Crippen LogP contribution in [-0.2, 0) is 6.54 Å². The van der Waals surface area contributed by atoms with Gasteiger partial charge in [0.25, 0.3) is 0 Å². The number of methoxy groups -OCH3 is 2. The van der Waals surface area contributed by atoms with Gasteiger partial charge in [-0.2, -0.15) is 0 Å². The quantitative estimate of drug-likeness (QED) is 0.373. The molecule has 4 aromatic rings. The predicted molar refractivity (Wildman–Crippen MR) is 124 cm³/mol. The van der Waals surface area contributed by atoms with E-state index in [0.29, 0.717) is 6.54 Å². The van der Waals surface area contributed by atoms with E-state index in [-0.39, 0.29) is 17.6 Å². The van der Waals surface area contributed by atoms with Crippen LogP contribution in [0.25, 0.3) is 21.9 Å². The molecule has 1 atom stereocenters. The lowest BCUT2D eigenvalue weighted by Crippen LogP contribution is -2.18. The number of fused-ring (bicyclic) bond motifs is 1. The fraction of sp³-hybridized carbons (Fsp3) is 0.185. The Morgan fingerprint density at radius 1 is 0.871 bits per heavy atom. The van der Waals surface area contributed by atoms with E-state index in [1.165, 1.54) is 13.2 Å². The fourth-order valence-corrected chi connectivity index (χ4v) is 3.85. The van der Waals surface area contributed by atoms with Gasteiger partial charge in [0.05, 0.1) is 14.2 Å². The maximum atomic E-state index is 14.4. The van der Waals surface area contributed by atoms with Crippen molar-refractivity contribution in [2.45, 2.75) is 19.5 Å². The van der Waals surface area contributed by atoms with Gasteiger partial charge < -0.3 is 14.8 Å². The van der Waals surface area contributed by atoms with Crippen LogP contribution in [0.5, 0.6) is 11.5 Å². The molecule has 0 saturated heterocycles. The van der Waals surface area contributed by atoms with E-state index in [2.05, 4.69) is 42.6 Å². The number of rotatable bonds is 7. The molecule has 0 spiro atoms. The molecular formula is C27H26FNO2. The predicted octanol–water partition coefficient (Wildman–Crippen LogP) is 6.51. The molecule has 0 fully saturated rings. The third-order valence-electron chi connectivity index (χ3n) is 5.59. The van der Waals surface area contributed by atoms with Crippen molar-refractivity contribution < 1.29 is 13.9 Å². The van der Waals surface area contributed by atoms with Crippen LogP contribution < -0.4 is 14.8 Å². The van der Waals surface area contributed by atoms with Gasteiger partial charge in [0, 0.05) is 12.6 Å². The van der Waals surface area contributed by atoms with E-state index in [0.717, 1.165) is 38.8 Å². The molecule has 0 aliphatic heterocycles. The second kappa shape index (κ2) is 9.19. The Morgan fingerprint density at radius 2 is 1.71 bits per heavy atom. The molecule has 0 aromatic heterocycles. The molecule has 0 heterocycles. The molecule has 0 saturated carbocycles. The molecule has 4 heteroatoms. The van der Waals surface area contributed by atoms with Gasteiger partial charge in [0.2, 0.25) is 0 Å². The largest absolute Gasteiger partial charge is 0.497 e. The molecule has 0 aliphatic carbocycles. The Morgan fingerprint density at radius 3 is 2.48 bits per heavy atom. The summed E-state index contributed by atoms with van der Waals surface area (Å²) in [6.45, 7) is 2.82. The van der Waals surface area contributed by atoms with Gasteiger partial charge in [-0.05, 0) is 76.3 Å². The molecule has 4 rings (SSSR count). The summed E-state index contributed by atoms with van der Waals surface area (Å²) < 4.78 is 24.8. The van der Waals surface area contributed by atoms with Crippen molar-refractivity contribution in [1.82, 2.24) is 5.32 Å². The van der Waals surface area contributed by atoms with Crippen molar-refractivity contribution in [3.8, 4) is 22.6 Å².